The van der Waals surface area contributed by atoms with Crippen molar-refractivity contribution in [3.8, 4) is 0 Å². The standard InChI is InChI=1S/C17H20F2N2O2/c1-21(2)15(16-4-3-9-23-16)11-20-17(22)8-6-12-5-7-13(18)14(19)10-12/h3-5,7,9-10,15H,6,8,11H2,1-2H3,(H,20,22)/t15-/m0/s1. The molecular weight excluding hydrogens is 302 g/mol. The largest absolute Gasteiger partial charge is 0.468 e. The molecular formula is C17H20F2N2O2. The molecule has 0 aliphatic carbocycles. The third kappa shape index (κ3) is 4.89. The molecule has 1 aromatic heterocycles. The second kappa shape index (κ2) is 7.87. The molecule has 23 heavy (non-hydrogen) atoms. The fraction of sp³-hybridized carbons (Fsp3) is 0.353. The summed E-state index contributed by atoms with van der Waals surface area (Å²) in [5.41, 5.74) is 0.592. The van der Waals surface area contributed by atoms with E-state index in [0.717, 1.165) is 17.9 Å². The number of amides is 1. The van der Waals surface area contributed by atoms with Crippen LogP contribution in [0.3, 0.4) is 0 Å². The maximum absolute atomic E-state index is 13.1. The Morgan fingerprint density at radius 1 is 1.26 bits per heavy atom. The van der Waals surface area contributed by atoms with Crippen LogP contribution in [0.2, 0.25) is 0 Å². The molecule has 6 heteroatoms. The number of carbonyl (C=O) groups is 1. The quantitative estimate of drug-likeness (QED) is 0.852. The summed E-state index contributed by atoms with van der Waals surface area (Å²) in [7, 11) is 3.81. The maximum Gasteiger partial charge on any atom is 0.220 e. The minimum absolute atomic E-state index is 0.0581. The highest BCUT2D eigenvalue weighted by Crippen LogP contribution is 2.17. The van der Waals surface area contributed by atoms with Gasteiger partial charge in [-0.15, -0.1) is 0 Å². The van der Waals surface area contributed by atoms with Crippen LogP contribution in [-0.2, 0) is 11.2 Å². The lowest BCUT2D eigenvalue weighted by Crippen LogP contribution is -2.34. The van der Waals surface area contributed by atoms with E-state index in [0.29, 0.717) is 18.5 Å². The van der Waals surface area contributed by atoms with Crippen molar-refractivity contribution < 1.29 is 18.0 Å². The minimum Gasteiger partial charge on any atom is -0.468 e. The summed E-state index contributed by atoms with van der Waals surface area (Å²) in [5.74, 6) is -1.15. The van der Waals surface area contributed by atoms with Gasteiger partial charge in [-0.3, -0.25) is 9.69 Å². The Kier molecular flexibility index (Phi) is 5.87. The first-order chi connectivity index (χ1) is 11.0. The fourth-order valence-electron chi connectivity index (χ4n) is 2.27. The molecule has 0 radical (unpaired) electrons. The van der Waals surface area contributed by atoms with Crippen LogP contribution in [0.5, 0.6) is 0 Å². The van der Waals surface area contributed by atoms with Gasteiger partial charge in [0.05, 0.1) is 12.3 Å². The summed E-state index contributed by atoms with van der Waals surface area (Å²) in [4.78, 5) is 13.9. The number of nitrogens with zero attached hydrogens (tertiary/aromatic N) is 1. The van der Waals surface area contributed by atoms with Crippen LogP contribution in [0.15, 0.2) is 41.0 Å². The summed E-state index contributed by atoms with van der Waals surface area (Å²) in [6, 6.07) is 7.28. The van der Waals surface area contributed by atoms with Crippen LogP contribution in [-0.4, -0.2) is 31.4 Å². The van der Waals surface area contributed by atoms with Crippen molar-refractivity contribution in [2.45, 2.75) is 18.9 Å². The van der Waals surface area contributed by atoms with Gasteiger partial charge >= 0.3 is 0 Å². The molecule has 0 saturated heterocycles. The van der Waals surface area contributed by atoms with Gasteiger partial charge in [-0.2, -0.15) is 0 Å². The van der Waals surface area contributed by atoms with Gasteiger partial charge in [-0.1, -0.05) is 6.07 Å². The van der Waals surface area contributed by atoms with Crippen LogP contribution >= 0.6 is 0 Å². The van der Waals surface area contributed by atoms with Crippen molar-refractivity contribution in [2.24, 2.45) is 0 Å². The number of rotatable bonds is 7. The smallest absolute Gasteiger partial charge is 0.220 e. The molecule has 1 N–H and O–H groups in total. The monoisotopic (exact) mass is 322 g/mol. The van der Waals surface area contributed by atoms with E-state index < -0.39 is 11.6 Å². The van der Waals surface area contributed by atoms with E-state index in [4.69, 9.17) is 4.42 Å². The van der Waals surface area contributed by atoms with Gasteiger partial charge in [0.15, 0.2) is 11.6 Å². The highest BCUT2D eigenvalue weighted by Gasteiger charge is 2.17. The molecule has 4 nitrogen and oxygen atoms in total. The molecule has 2 aromatic rings. The van der Waals surface area contributed by atoms with E-state index in [2.05, 4.69) is 5.32 Å². The second-order valence-electron chi connectivity index (χ2n) is 5.55. The average molecular weight is 322 g/mol. The number of benzene rings is 1. The highest BCUT2D eigenvalue weighted by atomic mass is 19.2. The van der Waals surface area contributed by atoms with Gasteiger partial charge in [0.25, 0.3) is 0 Å². The highest BCUT2D eigenvalue weighted by molar-refractivity contribution is 5.76. The van der Waals surface area contributed by atoms with E-state index >= 15 is 0 Å². The molecule has 2 rings (SSSR count). The van der Waals surface area contributed by atoms with Gasteiger partial charge < -0.3 is 9.73 Å². The van der Waals surface area contributed by atoms with Crippen LogP contribution in [0.1, 0.15) is 23.8 Å². The number of halogens is 2. The Hall–Kier alpha value is -2.21. The number of nitrogens with one attached hydrogen (secondary N) is 1. The molecule has 0 aliphatic rings. The molecule has 1 atom stereocenters. The summed E-state index contributed by atoms with van der Waals surface area (Å²) in [5, 5.41) is 2.84. The number of furan rings is 1. The first kappa shape index (κ1) is 17.1. The lowest BCUT2D eigenvalue weighted by molar-refractivity contribution is -0.121. The third-order valence-electron chi connectivity index (χ3n) is 3.61. The molecule has 0 fully saturated rings. The number of hydrogen-bond acceptors (Lipinski definition) is 3. The molecule has 0 unspecified atom stereocenters. The molecule has 1 aromatic carbocycles. The molecule has 124 valence electrons. The van der Waals surface area contributed by atoms with Crippen molar-refractivity contribution in [2.75, 3.05) is 20.6 Å². The zero-order valence-corrected chi connectivity index (χ0v) is 13.2. The van der Waals surface area contributed by atoms with Crippen LogP contribution in [0.25, 0.3) is 0 Å². The zero-order valence-electron chi connectivity index (χ0n) is 13.2. The van der Waals surface area contributed by atoms with Crippen LogP contribution < -0.4 is 5.32 Å². The first-order valence-electron chi connectivity index (χ1n) is 7.38. The summed E-state index contributed by atoms with van der Waals surface area (Å²) in [6.45, 7) is 0.414. The third-order valence-corrected chi connectivity index (χ3v) is 3.61. The van der Waals surface area contributed by atoms with Gasteiger partial charge in [0.1, 0.15) is 5.76 Å². The van der Waals surface area contributed by atoms with E-state index in [-0.39, 0.29) is 18.4 Å². The predicted molar refractivity (Wildman–Crippen MR) is 82.8 cm³/mol. The minimum atomic E-state index is -0.895. The SMILES string of the molecule is CN(C)[C@@H](CNC(=O)CCc1ccc(F)c(F)c1)c1ccco1. The fourth-order valence-corrected chi connectivity index (χ4v) is 2.27. The van der Waals surface area contributed by atoms with Gasteiger partial charge in [0.2, 0.25) is 5.91 Å². The van der Waals surface area contributed by atoms with Gasteiger partial charge in [0, 0.05) is 13.0 Å². The lowest BCUT2D eigenvalue weighted by Gasteiger charge is -2.22. The Bertz CT molecular complexity index is 642. The van der Waals surface area contributed by atoms with E-state index in [1.54, 1.807) is 12.3 Å². The van der Waals surface area contributed by atoms with E-state index in [9.17, 15) is 13.6 Å². The topological polar surface area (TPSA) is 45.5 Å². The Labute approximate surface area is 134 Å². The second-order valence-corrected chi connectivity index (χ2v) is 5.55. The van der Waals surface area contributed by atoms with Crippen molar-refractivity contribution >= 4 is 5.91 Å². The van der Waals surface area contributed by atoms with Crippen LogP contribution in [0.4, 0.5) is 8.78 Å². The van der Waals surface area contributed by atoms with E-state index in [1.165, 1.54) is 6.07 Å². The molecule has 0 spiro atoms. The van der Waals surface area contributed by atoms with Gasteiger partial charge in [-0.05, 0) is 50.3 Å². The number of hydrogen-bond donors (Lipinski definition) is 1. The van der Waals surface area contributed by atoms with Crippen molar-refractivity contribution in [3.63, 3.8) is 0 Å². The molecule has 1 heterocycles. The van der Waals surface area contributed by atoms with Crippen molar-refractivity contribution in [1.29, 1.82) is 0 Å². The normalized spacial score (nSPS) is 12.4. The first-order valence-corrected chi connectivity index (χ1v) is 7.38. The lowest BCUT2D eigenvalue weighted by atomic mass is 10.1. The number of aryl methyl sites for hydroxylation is 1. The molecule has 0 saturated carbocycles. The Balaban J connectivity index is 1.83. The zero-order chi connectivity index (χ0) is 16.8. The molecule has 0 aliphatic heterocycles. The Morgan fingerprint density at radius 2 is 2.04 bits per heavy atom. The van der Waals surface area contributed by atoms with Gasteiger partial charge in [-0.25, -0.2) is 8.78 Å². The molecule has 1 amide bonds. The van der Waals surface area contributed by atoms with E-state index in [1.807, 2.05) is 25.1 Å². The average Bonchev–Trinajstić information content (AvgIpc) is 3.02. The van der Waals surface area contributed by atoms with Crippen molar-refractivity contribution in [3.05, 3.63) is 59.6 Å². The number of carbonyl (C=O) groups excluding carboxylic acids is 1. The summed E-state index contributed by atoms with van der Waals surface area (Å²) in [6.07, 6.45) is 2.16. The maximum atomic E-state index is 13.1. The van der Waals surface area contributed by atoms with Crippen LogP contribution in [0, 0.1) is 11.6 Å². The predicted octanol–water partition coefficient (Wildman–Crippen LogP) is 2.91. The summed E-state index contributed by atoms with van der Waals surface area (Å²) >= 11 is 0. The molecule has 0 bridgehead atoms. The number of likely N-dealkylation sites (N-methyl/N-ethyl adjacent to an activating group) is 1. The Morgan fingerprint density at radius 3 is 2.65 bits per heavy atom. The van der Waals surface area contributed by atoms with Crippen molar-refractivity contribution in [1.82, 2.24) is 10.2 Å². The summed E-state index contributed by atoms with van der Waals surface area (Å²) < 4.78 is 31.3.